The van der Waals surface area contributed by atoms with E-state index in [0.717, 1.165) is 16.6 Å². The number of nitrogens with one attached hydrogen (secondary N) is 1. The number of nitrogens with zero attached hydrogens (tertiary/aromatic N) is 3. The van der Waals surface area contributed by atoms with Crippen LogP contribution in [0.2, 0.25) is 0 Å². The lowest BCUT2D eigenvalue weighted by atomic mass is 9.99. The van der Waals surface area contributed by atoms with Crippen LogP contribution in [0.4, 0.5) is 0 Å². The fourth-order valence-corrected chi connectivity index (χ4v) is 3.74. The lowest BCUT2D eigenvalue weighted by Crippen LogP contribution is -2.28. The third-order valence-electron chi connectivity index (χ3n) is 4.78. The maximum atomic E-state index is 5.66. The van der Waals surface area contributed by atoms with Crippen LogP contribution in [0.5, 0.6) is 0 Å². The second-order valence-electron chi connectivity index (χ2n) is 6.82. The lowest BCUT2D eigenvalue weighted by molar-refractivity contribution is 0.287. The predicted molar refractivity (Wildman–Crippen MR) is 105 cm³/mol. The second kappa shape index (κ2) is 6.96. The van der Waals surface area contributed by atoms with Crippen molar-refractivity contribution in [3.05, 3.63) is 78.3 Å². The Kier molecular flexibility index (Phi) is 4.51. The Morgan fingerprint density at radius 1 is 1.23 bits per heavy atom. The van der Waals surface area contributed by atoms with Crippen LogP contribution in [0.3, 0.4) is 0 Å². The average Bonchev–Trinajstić information content (AvgIpc) is 3.37. The number of pyridine rings is 1. The maximum Gasteiger partial charge on any atom is 0.170 e. The highest BCUT2D eigenvalue weighted by Crippen LogP contribution is 2.39. The van der Waals surface area contributed by atoms with Gasteiger partial charge in [0.05, 0.1) is 30.6 Å². The normalized spacial score (nSPS) is 20.0. The molecule has 134 valence electrons. The second-order valence-corrected chi connectivity index (χ2v) is 7.21. The Morgan fingerprint density at radius 2 is 2.12 bits per heavy atom. The van der Waals surface area contributed by atoms with E-state index in [1.54, 1.807) is 6.26 Å². The van der Waals surface area contributed by atoms with E-state index in [1.807, 2.05) is 36.5 Å². The van der Waals surface area contributed by atoms with Crippen molar-refractivity contribution in [3.63, 3.8) is 0 Å². The molecule has 1 saturated heterocycles. The minimum absolute atomic E-state index is 0.00155. The molecule has 0 spiro atoms. The van der Waals surface area contributed by atoms with Crippen LogP contribution in [0.15, 0.2) is 65.7 Å². The van der Waals surface area contributed by atoms with Gasteiger partial charge in [0.1, 0.15) is 5.76 Å². The Morgan fingerprint density at radius 3 is 2.77 bits per heavy atom. The molecule has 1 fully saturated rings. The van der Waals surface area contributed by atoms with Crippen molar-refractivity contribution in [1.29, 1.82) is 0 Å². The summed E-state index contributed by atoms with van der Waals surface area (Å²) in [4.78, 5) is 6.75. The molecule has 2 atom stereocenters. The first kappa shape index (κ1) is 16.8. The van der Waals surface area contributed by atoms with E-state index < -0.39 is 0 Å². The highest BCUT2D eigenvalue weighted by Gasteiger charge is 2.40. The summed E-state index contributed by atoms with van der Waals surface area (Å²) in [5.74, 6) is 0.893. The van der Waals surface area contributed by atoms with E-state index >= 15 is 0 Å². The largest absolute Gasteiger partial charge is 0.467 e. The zero-order valence-electron chi connectivity index (χ0n) is 14.9. The molecule has 0 unspecified atom stereocenters. The number of hydrogen-bond acceptors (Lipinski definition) is 3. The minimum atomic E-state index is 0.00155. The summed E-state index contributed by atoms with van der Waals surface area (Å²) in [6.07, 6.45) is 7.85. The van der Waals surface area contributed by atoms with Gasteiger partial charge in [0.2, 0.25) is 0 Å². The average molecular weight is 366 g/mol. The van der Waals surface area contributed by atoms with E-state index in [-0.39, 0.29) is 12.1 Å². The van der Waals surface area contributed by atoms with Gasteiger partial charge in [-0.1, -0.05) is 6.07 Å². The predicted octanol–water partition coefficient (Wildman–Crippen LogP) is 4.23. The molecule has 1 N–H and O–H groups in total. The molecule has 4 rings (SSSR count). The monoisotopic (exact) mass is 366 g/mol. The molecule has 1 aliphatic rings. The Bertz CT molecular complexity index is 872. The molecule has 0 amide bonds. The summed E-state index contributed by atoms with van der Waals surface area (Å²) < 4.78 is 7.78. The van der Waals surface area contributed by atoms with Gasteiger partial charge in [-0.05, 0) is 62.0 Å². The number of furan rings is 1. The first-order chi connectivity index (χ1) is 12.6. The number of thiocarbonyl (C=S) groups is 1. The van der Waals surface area contributed by atoms with Crippen molar-refractivity contribution in [3.8, 4) is 0 Å². The van der Waals surface area contributed by atoms with Crippen molar-refractivity contribution < 1.29 is 4.42 Å². The van der Waals surface area contributed by atoms with Crippen LogP contribution in [0.25, 0.3) is 0 Å². The summed E-state index contributed by atoms with van der Waals surface area (Å²) in [5, 5.41) is 4.19. The first-order valence-corrected chi connectivity index (χ1v) is 9.22. The molecule has 0 aliphatic carbocycles. The minimum Gasteiger partial charge on any atom is -0.467 e. The topological polar surface area (TPSA) is 46.2 Å². The molecule has 0 aromatic carbocycles. The molecule has 26 heavy (non-hydrogen) atoms. The molecule has 0 radical (unpaired) electrons. The van der Waals surface area contributed by atoms with Gasteiger partial charge in [-0.3, -0.25) is 4.98 Å². The van der Waals surface area contributed by atoms with Gasteiger partial charge in [-0.2, -0.15) is 0 Å². The number of hydrogen-bond donors (Lipinski definition) is 1. The van der Waals surface area contributed by atoms with Gasteiger partial charge >= 0.3 is 0 Å². The highest BCUT2D eigenvalue weighted by atomic mass is 32.1. The number of aromatic nitrogens is 2. The molecule has 3 aromatic rings. The summed E-state index contributed by atoms with van der Waals surface area (Å²) in [6, 6.07) is 12.5. The maximum absolute atomic E-state index is 5.66. The lowest BCUT2D eigenvalue weighted by Gasteiger charge is -2.26. The SMILES string of the molecule is CC(C)n1ccc([C@H]2[C@H](c3ccccn3)NC(=S)N2Cc2ccco2)c1. The smallest absolute Gasteiger partial charge is 0.170 e. The fraction of sp³-hybridized carbons (Fsp3) is 0.300. The first-order valence-electron chi connectivity index (χ1n) is 8.81. The molecular formula is C20H22N4OS. The molecule has 0 saturated carbocycles. The van der Waals surface area contributed by atoms with Crippen LogP contribution in [-0.2, 0) is 6.54 Å². The molecule has 5 nitrogen and oxygen atoms in total. The zero-order valence-corrected chi connectivity index (χ0v) is 15.7. The van der Waals surface area contributed by atoms with E-state index in [0.29, 0.717) is 12.6 Å². The van der Waals surface area contributed by atoms with Crippen molar-refractivity contribution in [1.82, 2.24) is 19.8 Å². The molecule has 1 aliphatic heterocycles. The summed E-state index contributed by atoms with van der Waals surface area (Å²) in [6.45, 7) is 4.98. The molecule has 4 heterocycles. The van der Waals surface area contributed by atoms with Gasteiger partial charge in [-0.25, -0.2) is 0 Å². The molecule has 3 aromatic heterocycles. The van der Waals surface area contributed by atoms with Crippen LogP contribution < -0.4 is 5.32 Å². The Labute approximate surface area is 158 Å². The third-order valence-corrected chi connectivity index (χ3v) is 5.13. The van der Waals surface area contributed by atoms with Crippen LogP contribution in [0.1, 0.15) is 49.0 Å². The van der Waals surface area contributed by atoms with E-state index in [4.69, 9.17) is 16.6 Å². The van der Waals surface area contributed by atoms with Gasteiger partial charge < -0.3 is 19.2 Å². The van der Waals surface area contributed by atoms with Crippen molar-refractivity contribution in [2.45, 2.75) is 38.5 Å². The Balaban J connectivity index is 1.73. The quantitative estimate of drug-likeness (QED) is 0.685. The Hall–Kier alpha value is -2.60. The van der Waals surface area contributed by atoms with Gasteiger partial charge in [0.25, 0.3) is 0 Å². The highest BCUT2D eigenvalue weighted by molar-refractivity contribution is 7.80. The van der Waals surface area contributed by atoms with Gasteiger partial charge in [0, 0.05) is 24.6 Å². The van der Waals surface area contributed by atoms with E-state index in [9.17, 15) is 0 Å². The summed E-state index contributed by atoms with van der Waals surface area (Å²) in [5.41, 5.74) is 2.20. The van der Waals surface area contributed by atoms with Crippen LogP contribution in [0, 0.1) is 0 Å². The van der Waals surface area contributed by atoms with E-state index in [2.05, 4.69) is 52.1 Å². The standard InChI is InChI=1S/C20H22N4OS/c1-14(2)23-10-8-15(12-23)19-18(17-7-3-4-9-21-17)22-20(26)24(19)13-16-6-5-11-25-16/h3-12,14,18-19H,13H2,1-2H3,(H,22,26)/t18-,19-/m0/s1. The van der Waals surface area contributed by atoms with E-state index in [1.165, 1.54) is 5.56 Å². The number of rotatable bonds is 5. The van der Waals surface area contributed by atoms with Crippen molar-refractivity contribution >= 4 is 17.3 Å². The molecule has 6 heteroatoms. The van der Waals surface area contributed by atoms with Crippen molar-refractivity contribution in [2.75, 3.05) is 0 Å². The zero-order chi connectivity index (χ0) is 18.1. The van der Waals surface area contributed by atoms with Crippen LogP contribution in [-0.4, -0.2) is 19.6 Å². The fourth-order valence-electron chi connectivity index (χ4n) is 3.44. The molecular weight excluding hydrogens is 344 g/mol. The molecule has 0 bridgehead atoms. The summed E-state index contributed by atoms with van der Waals surface area (Å²) in [7, 11) is 0. The van der Waals surface area contributed by atoms with Crippen molar-refractivity contribution in [2.24, 2.45) is 0 Å². The van der Waals surface area contributed by atoms with Gasteiger partial charge in [0.15, 0.2) is 5.11 Å². The van der Waals surface area contributed by atoms with Gasteiger partial charge in [-0.15, -0.1) is 0 Å². The van der Waals surface area contributed by atoms with Crippen LogP contribution >= 0.6 is 12.2 Å². The third kappa shape index (κ3) is 3.12. The summed E-state index contributed by atoms with van der Waals surface area (Å²) >= 11 is 5.66.